The zero-order chi connectivity index (χ0) is 20.1. The van der Waals surface area contributed by atoms with E-state index in [1.807, 2.05) is 12.1 Å². The maximum Gasteiger partial charge on any atom is 0.336 e. The first kappa shape index (κ1) is 19.9. The number of ether oxygens (including phenoxy) is 1. The lowest BCUT2D eigenvalue weighted by Crippen LogP contribution is -2.46. The molecule has 0 atom stereocenters. The van der Waals surface area contributed by atoms with Crippen LogP contribution in [0.5, 0.6) is 5.75 Å². The van der Waals surface area contributed by atoms with Gasteiger partial charge in [0.2, 0.25) is 0 Å². The third-order valence-electron chi connectivity index (χ3n) is 5.27. The highest BCUT2D eigenvalue weighted by atomic mass is 32.2. The normalized spacial score (nSPS) is 15.0. The molecule has 3 aromatic rings. The predicted octanol–water partition coefficient (Wildman–Crippen LogP) is 4.11. The summed E-state index contributed by atoms with van der Waals surface area (Å²) in [5, 5.41) is 0.901. The third kappa shape index (κ3) is 5.14. The van der Waals surface area contributed by atoms with Gasteiger partial charge in [-0.05, 0) is 49.1 Å². The van der Waals surface area contributed by atoms with Crippen molar-refractivity contribution in [2.24, 2.45) is 0 Å². The van der Waals surface area contributed by atoms with Crippen molar-refractivity contribution in [3.8, 4) is 5.75 Å². The molecule has 1 aliphatic heterocycles. The van der Waals surface area contributed by atoms with Gasteiger partial charge in [0.1, 0.15) is 11.3 Å². The molecule has 6 heteroatoms. The molecule has 1 fully saturated rings. The van der Waals surface area contributed by atoms with Crippen LogP contribution in [-0.2, 0) is 0 Å². The minimum atomic E-state index is -0.339. The van der Waals surface area contributed by atoms with Crippen LogP contribution in [-0.4, -0.2) is 50.5 Å². The number of piperazine rings is 1. The zero-order valence-electron chi connectivity index (χ0n) is 16.7. The lowest BCUT2D eigenvalue weighted by Gasteiger charge is -2.36. The van der Waals surface area contributed by atoms with E-state index >= 15 is 0 Å². The Balaban J connectivity index is 1.21. The standard InChI is InChI=1S/C23H26N2O3S/c1-29-21-5-2-4-19(16-21)25-13-11-24(12-14-25)10-3-15-27-20-8-6-18-7-9-23(26)28-22(18)17-20/h2,4-9,16-17H,3,10-15H2,1H3. The molecule has 0 N–H and O–H groups in total. The second kappa shape index (κ2) is 9.37. The molecule has 0 bridgehead atoms. The Morgan fingerprint density at radius 1 is 1.03 bits per heavy atom. The van der Waals surface area contributed by atoms with E-state index in [2.05, 4.69) is 40.3 Å². The molecule has 5 nitrogen and oxygen atoms in total. The summed E-state index contributed by atoms with van der Waals surface area (Å²) >= 11 is 1.79. The quantitative estimate of drug-likeness (QED) is 0.332. The first-order valence-electron chi connectivity index (χ1n) is 9.99. The topological polar surface area (TPSA) is 45.9 Å². The van der Waals surface area contributed by atoms with E-state index in [1.54, 1.807) is 23.9 Å². The van der Waals surface area contributed by atoms with E-state index in [0.717, 1.165) is 50.3 Å². The van der Waals surface area contributed by atoms with E-state index in [4.69, 9.17) is 9.15 Å². The van der Waals surface area contributed by atoms with Gasteiger partial charge in [-0.25, -0.2) is 4.79 Å². The monoisotopic (exact) mass is 410 g/mol. The summed E-state index contributed by atoms with van der Waals surface area (Å²) < 4.78 is 11.1. The number of nitrogens with zero attached hydrogens (tertiary/aromatic N) is 2. The van der Waals surface area contributed by atoms with Crippen molar-refractivity contribution in [1.82, 2.24) is 4.90 Å². The van der Waals surface area contributed by atoms with Gasteiger partial charge in [-0.2, -0.15) is 0 Å². The van der Waals surface area contributed by atoms with Crippen molar-refractivity contribution >= 4 is 28.4 Å². The summed E-state index contributed by atoms with van der Waals surface area (Å²) in [5.74, 6) is 0.741. The number of rotatable bonds is 7. The number of fused-ring (bicyclic) bond motifs is 1. The van der Waals surface area contributed by atoms with E-state index in [1.165, 1.54) is 16.6 Å². The molecule has 1 saturated heterocycles. The largest absolute Gasteiger partial charge is 0.493 e. The SMILES string of the molecule is CSc1cccc(N2CCN(CCCOc3ccc4ccc(=O)oc4c3)CC2)c1. The van der Waals surface area contributed by atoms with Gasteiger partial charge in [-0.15, -0.1) is 11.8 Å². The Morgan fingerprint density at radius 2 is 1.86 bits per heavy atom. The Labute approximate surface area is 175 Å². The molecule has 0 unspecified atom stereocenters. The van der Waals surface area contributed by atoms with Crippen molar-refractivity contribution in [2.75, 3.05) is 50.5 Å². The molecule has 0 radical (unpaired) electrons. The molecule has 0 aliphatic carbocycles. The van der Waals surface area contributed by atoms with Gasteiger partial charge in [0.05, 0.1) is 6.61 Å². The smallest absolute Gasteiger partial charge is 0.336 e. The van der Waals surface area contributed by atoms with Crippen LogP contribution in [0.25, 0.3) is 11.0 Å². The number of hydrogen-bond acceptors (Lipinski definition) is 6. The lowest BCUT2D eigenvalue weighted by molar-refractivity contribution is 0.224. The summed E-state index contributed by atoms with van der Waals surface area (Å²) in [5.41, 5.74) is 1.55. The van der Waals surface area contributed by atoms with Crippen LogP contribution in [0, 0.1) is 0 Å². The average molecular weight is 411 g/mol. The summed E-state index contributed by atoms with van der Waals surface area (Å²) in [7, 11) is 0. The fourth-order valence-corrected chi connectivity index (χ4v) is 4.10. The minimum absolute atomic E-state index is 0.339. The van der Waals surface area contributed by atoms with Gasteiger partial charge in [-0.1, -0.05) is 6.07 Å². The molecule has 0 spiro atoms. The molecule has 29 heavy (non-hydrogen) atoms. The number of thioether (sulfide) groups is 1. The van der Waals surface area contributed by atoms with Crippen molar-refractivity contribution in [3.63, 3.8) is 0 Å². The number of benzene rings is 2. The van der Waals surface area contributed by atoms with E-state index in [0.29, 0.717) is 12.2 Å². The average Bonchev–Trinajstić information content (AvgIpc) is 2.77. The molecule has 0 saturated carbocycles. The van der Waals surface area contributed by atoms with Crippen LogP contribution >= 0.6 is 11.8 Å². The van der Waals surface area contributed by atoms with E-state index in [-0.39, 0.29) is 5.63 Å². The second-order valence-corrected chi connectivity index (χ2v) is 8.07. The molecule has 2 aromatic carbocycles. The summed E-state index contributed by atoms with van der Waals surface area (Å²) in [4.78, 5) is 17.6. The van der Waals surface area contributed by atoms with Gasteiger partial charge in [0, 0.05) is 60.8 Å². The van der Waals surface area contributed by atoms with Crippen LogP contribution in [0.1, 0.15) is 6.42 Å². The van der Waals surface area contributed by atoms with Gasteiger partial charge >= 0.3 is 5.63 Å². The highest BCUT2D eigenvalue weighted by Gasteiger charge is 2.17. The van der Waals surface area contributed by atoms with Crippen LogP contribution in [0.15, 0.2) is 68.7 Å². The highest BCUT2D eigenvalue weighted by Crippen LogP contribution is 2.23. The molecular formula is C23H26N2O3S. The Hall–Kier alpha value is -2.44. The van der Waals surface area contributed by atoms with Crippen LogP contribution in [0.4, 0.5) is 5.69 Å². The van der Waals surface area contributed by atoms with Gasteiger partial charge < -0.3 is 14.1 Å². The molecule has 2 heterocycles. The molecule has 1 aliphatic rings. The predicted molar refractivity (Wildman–Crippen MR) is 119 cm³/mol. The first-order valence-corrected chi connectivity index (χ1v) is 11.2. The summed E-state index contributed by atoms with van der Waals surface area (Å²) in [6, 6.07) is 17.6. The van der Waals surface area contributed by atoms with Crippen LogP contribution < -0.4 is 15.3 Å². The van der Waals surface area contributed by atoms with Crippen molar-refractivity contribution in [1.29, 1.82) is 0 Å². The maximum absolute atomic E-state index is 11.4. The maximum atomic E-state index is 11.4. The number of anilines is 1. The molecule has 0 amide bonds. The molecular weight excluding hydrogens is 384 g/mol. The van der Waals surface area contributed by atoms with Crippen molar-refractivity contribution in [2.45, 2.75) is 11.3 Å². The fraction of sp³-hybridized carbons (Fsp3) is 0.348. The lowest BCUT2D eigenvalue weighted by atomic mass is 10.2. The molecule has 1 aromatic heterocycles. The fourth-order valence-electron chi connectivity index (χ4n) is 3.65. The van der Waals surface area contributed by atoms with Gasteiger partial charge in [0.25, 0.3) is 0 Å². The van der Waals surface area contributed by atoms with Crippen LogP contribution in [0.2, 0.25) is 0 Å². The summed E-state index contributed by atoms with van der Waals surface area (Å²) in [6.07, 6.45) is 3.09. The Bertz CT molecular complexity index is 1010. The van der Waals surface area contributed by atoms with Gasteiger partial charge in [-0.3, -0.25) is 4.90 Å². The minimum Gasteiger partial charge on any atom is -0.493 e. The number of hydrogen-bond donors (Lipinski definition) is 0. The highest BCUT2D eigenvalue weighted by molar-refractivity contribution is 7.98. The first-order chi connectivity index (χ1) is 14.2. The summed E-state index contributed by atoms with van der Waals surface area (Å²) in [6.45, 7) is 5.94. The Kier molecular flexibility index (Phi) is 6.42. The van der Waals surface area contributed by atoms with E-state index in [9.17, 15) is 4.79 Å². The van der Waals surface area contributed by atoms with Crippen molar-refractivity contribution < 1.29 is 9.15 Å². The second-order valence-electron chi connectivity index (χ2n) is 7.19. The van der Waals surface area contributed by atoms with Crippen molar-refractivity contribution in [3.05, 3.63) is 65.0 Å². The zero-order valence-corrected chi connectivity index (χ0v) is 17.5. The molecule has 152 valence electrons. The third-order valence-corrected chi connectivity index (χ3v) is 6.00. The Morgan fingerprint density at radius 3 is 2.69 bits per heavy atom. The van der Waals surface area contributed by atoms with Gasteiger partial charge in [0.15, 0.2) is 0 Å². The van der Waals surface area contributed by atoms with E-state index < -0.39 is 0 Å². The van der Waals surface area contributed by atoms with Crippen LogP contribution in [0.3, 0.4) is 0 Å². The molecule has 4 rings (SSSR count).